The molecule has 198 valence electrons. The first-order chi connectivity index (χ1) is 19.6. The number of pyridine rings is 1. The molecule has 0 bridgehead atoms. The summed E-state index contributed by atoms with van der Waals surface area (Å²) in [5, 5.41) is 4.07. The number of aromatic nitrogens is 2. The molecule has 0 amide bonds. The molecule has 3 heterocycles. The number of carbonyl (C=O) groups is 1. The first kappa shape index (κ1) is 25.3. The topological polar surface area (TPSA) is 68.6 Å². The van der Waals surface area contributed by atoms with E-state index in [1.54, 1.807) is 12.3 Å². The highest BCUT2D eigenvalue weighted by Gasteiger charge is 2.42. The Kier molecular flexibility index (Phi) is 6.99. The van der Waals surface area contributed by atoms with Gasteiger partial charge < -0.3 is 24.3 Å². The summed E-state index contributed by atoms with van der Waals surface area (Å²) in [4.78, 5) is 19.4. The van der Waals surface area contributed by atoms with Crippen LogP contribution in [0.15, 0.2) is 122 Å². The van der Waals surface area contributed by atoms with Crippen molar-refractivity contribution in [3.8, 4) is 17.2 Å². The molecule has 1 fully saturated rings. The van der Waals surface area contributed by atoms with Crippen molar-refractivity contribution >= 4 is 29.0 Å². The van der Waals surface area contributed by atoms with E-state index in [0.717, 1.165) is 34.3 Å². The number of esters is 1. The zero-order chi connectivity index (χ0) is 27.5. The van der Waals surface area contributed by atoms with Gasteiger partial charge in [-0.2, -0.15) is 0 Å². The third kappa shape index (κ3) is 4.81. The molecule has 0 radical (unpaired) electrons. The van der Waals surface area contributed by atoms with Gasteiger partial charge in [-0.15, -0.1) is 0 Å². The molecule has 6 rings (SSSR count). The third-order valence-electron chi connectivity index (χ3n) is 6.84. The van der Waals surface area contributed by atoms with Crippen LogP contribution in [-0.2, 0) is 4.74 Å². The number of para-hydroxylation sites is 2. The number of rotatable bonds is 7. The van der Waals surface area contributed by atoms with Crippen molar-refractivity contribution in [1.82, 2.24) is 14.9 Å². The summed E-state index contributed by atoms with van der Waals surface area (Å²) in [5.74, 6) is 1.09. The van der Waals surface area contributed by atoms with Crippen molar-refractivity contribution in [2.24, 2.45) is 0 Å². The summed E-state index contributed by atoms with van der Waals surface area (Å²) in [6, 6.07) is 34.3. The van der Waals surface area contributed by atoms with Crippen LogP contribution in [0, 0.1) is 0 Å². The molecule has 0 spiro atoms. The lowest BCUT2D eigenvalue weighted by molar-refractivity contribution is 0.0600. The fraction of sp³-hybridized carbons (Fsp3) is 0.0938. The number of anilines is 1. The van der Waals surface area contributed by atoms with E-state index in [2.05, 4.69) is 15.2 Å². The second kappa shape index (κ2) is 11.0. The summed E-state index contributed by atoms with van der Waals surface area (Å²) >= 11 is 5.91. The molecule has 3 aromatic carbocycles. The van der Waals surface area contributed by atoms with Gasteiger partial charge in [0, 0.05) is 23.8 Å². The van der Waals surface area contributed by atoms with Crippen LogP contribution in [0.2, 0.25) is 0 Å². The number of thiocarbonyl (C=S) groups is 1. The van der Waals surface area contributed by atoms with Crippen LogP contribution < -0.4 is 15.0 Å². The largest absolute Gasteiger partial charge is 0.465 e. The Morgan fingerprint density at radius 2 is 1.57 bits per heavy atom. The molecule has 2 atom stereocenters. The van der Waals surface area contributed by atoms with Crippen molar-refractivity contribution in [1.29, 1.82) is 0 Å². The van der Waals surface area contributed by atoms with Crippen LogP contribution in [0.3, 0.4) is 0 Å². The minimum absolute atomic E-state index is 0.243. The van der Waals surface area contributed by atoms with E-state index < -0.39 is 5.97 Å². The van der Waals surface area contributed by atoms with Gasteiger partial charge in [-0.3, -0.25) is 4.98 Å². The number of methoxy groups -OCH3 is 1. The summed E-state index contributed by atoms with van der Waals surface area (Å²) in [6.45, 7) is 0. The number of hydrogen-bond donors (Lipinski definition) is 1. The maximum atomic E-state index is 12.6. The maximum Gasteiger partial charge on any atom is 0.339 e. The second-order valence-corrected chi connectivity index (χ2v) is 9.60. The Labute approximate surface area is 237 Å². The van der Waals surface area contributed by atoms with Crippen molar-refractivity contribution in [3.63, 3.8) is 0 Å². The highest BCUT2D eigenvalue weighted by Crippen LogP contribution is 2.43. The molecule has 0 unspecified atom stereocenters. The van der Waals surface area contributed by atoms with Gasteiger partial charge in [-0.1, -0.05) is 36.4 Å². The predicted molar refractivity (Wildman–Crippen MR) is 158 cm³/mol. The molecule has 0 saturated carbocycles. The van der Waals surface area contributed by atoms with Gasteiger partial charge in [0.25, 0.3) is 0 Å². The summed E-state index contributed by atoms with van der Waals surface area (Å²) in [5.41, 5.74) is 3.88. The molecule has 0 aliphatic carbocycles. The Balaban J connectivity index is 1.43. The fourth-order valence-corrected chi connectivity index (χ4v) is 5.40. The molecule has 1 saturated heterocycles. The lowest BCUT2D eigenvalue weighted by Crippen LogP contribution is -2.30. The van der Waals surface area contributed by atoms with Crippen LogP contribution >= 0.6 is 12.2 Å². The van der Waals surface area contributed by atoms with Gasteiger partial charge in [0.15, 0.2) is 5.11 Å². The van der Waals surface area contributed by atoms with Gasteiger partial charge >= 0.3 is 5.97 Å². The van der Waals surface area contributed by atoms with Gasteiger partial charge in [0.1, 0.15) is 17.5 Å². The number of ether oxygens (including phenoxy) is 2. The zero-order valence-electron chi connectivity index (χ0n) is 21.7. The summed E-state index contributed by atoms with van der Waals surface area (Å²) in [7, 11) is 1.39. The van der Waals surface area contributed by atoms with Crippen LogP contribution in [0.4, 0.5) is 5.69 Å². The van der Waals surface area contributed by atoms with Crippen molar-refractivity contribution < 1.29 is 14.3 Å². The molecule has 40 heavy (non-hydrogen) atoms. The van der Waals surface area contributed by atoms with E-state index in [-0.39, 0.29) is 12.1 Å². The van der Waals surface area contributed by atoms with Crippen LogP contribution in [-0.4, -0.2) is 27.7 Å². The smallest absolute Gasteiger partial charge is 0.339 e. The van der Waals surface area contributed by atoms with Gasteiger partial charge in [-0.05, 0) is 85.0 Å². The van der Waals surface area contributed by atoms with Crippen LogP contribution in [0.1, 0.15) is 33.8 Å². The average Bonchev–Trinajstić information content (AvgIpc) is 3.62. The molecule has 7 nitrogen and oxygen atoms in total. The van der Waals surface area contributed by atoms with E-state index in [4.69, 9.17) is 21.7 Å². The molecule has 2 aromatic heterocycles. The second-order valence-electron chi connectivity index (χ2n) is 9.22. The summed E-state index contributed by atoms with van der Waals surface area (Å²) in [6.07, 6.45) is 3.73. The number of nitrogens with one attached hydrogen (secondary N) is 1. The Bertz CT molecular complexity index is 1640. The van der Waals surface area contributed by atoms with Crippen molar-refractivity contribution in [3.05, 3.63) is 139 Å². The number of benzene rings is 3. The maximum absolute atomic E-state index is 12.6. The SMILES string of the molecule is COC(=O)c1ccccc1-n1cccc1[C@@H]1[C@@H](c2ccccn2)NC(=S)N1c1ccc(Oc2ccccc2)cc1. The van der Waals surface area contributed by atoms with Crippen molar-refractivity contribution in [2.45, 2.75) is 12.1 Å². The highest BCUT2D eigenvalue weighted by atomic mass is 32.1. The van der Waals surface area contributed by atoms with Gasteiger partial charge in [-0.25, -0.2) is 4.79 Å². The number of nitrogens with zero attached hydrogens (tertiary/aromatic N) is 3. The first-order valence-electron chi connectivity index (χ1n) is 12.8. The van der Waals surface area contributed by atoms with Crippen molar-refractivity contribution in [2.75, 3.05) is 12.0 Å². The van der Waals surface area contributed by atoms with E-state index in [1.165, 1.54) is 7.11 Å². The zero-order valence-corrected chi connectivity index (χ0v) is 22.5. The number of carbonyl (C=O) groups excluding carboxylic acids is 1. The molecule has 5 aromatic rings. The van der Waals surface area contributed by atoms with Gasteiger partial charge in [0.2, 0.25) is 0 Å². The van der Waals surface area contributed by atoms with E-state index in [1.807, 2.05) is 114 Å². The minimum Gasteiger partial charge on any atom is -0.465 e. The Morgan fingerprint density at radius 1 is 0.850 bits per heavy atom. The Morgan fingerprint density at radius 3 is 2.33 bits per heavy atom. The van der Waals surface area contributed by atoms with Crippen LogP contribution in [0.5, 0.6) is 11.5 Å². The molecular formula is C32H26N4O3S. The molecule has 1 aliphatic rings. The average molecular weight is 547 g/mol. The predicted octanol–water partition coefficient (Wildman–Crippen LogP) is 6.63. The first-order valence-corrected chi connectivity index (χ1v) is 13.2. The lowest BCUT2D eigenvalue weighted by atomic mass is 10.0. The van der Waals surface area contributed by atoms with E-state index >= 15 is 0 Å². The minimum atomic E-state index is -0.401. The fourth-order valence-electron chi connectivity index (χ4n) is 5.05. The summed E-state index contributed by atoms with van der Waals surface area (Å²) < 4.78 is 13.1. The van der Waals surface area contributed by atoms with E-state index in [0.29, 0.717) is 10.7 Å². The molecule has 8 heteroatoms. The number of hydrogen-bond acceptors (Lipinski definition) is 5. The molecule has 1 N–H and O–H groups in total. The standard InChI is InChI=1S/C32H26N4O3S/c1-38-31(37)25-12-5-6-14-27(25)35-21-9-15-28(35)30-29(26-13-7-8-20-33-26)34-32(40)36(30)22-16-18-24(19-17-22)39-23-10-3-2-4-11-23/h2-21,29-30H,1H3,(H,34,40)/t29-,30-/m1/s1. The molecular weight excluding hydrogens is 520 g/mol. The normalized spacial score (nSPS) is 16.4. The van der Waals surface area contributed by atoms with E-state index in [9.17, 15) is 4.79 Å². The third-order valence-corrected chi connectivity index (χ3v) is 7.16. The van der Waals surface area contributed by atoms with Crippen LogP contribution in [0.25, 0.3) is 5.69 Å². The lowest BCUT2D eigenvalue weighted by Gasteiger charge is -2.29. The Hall–Kier alpha value is -4.95. The quantitative estimate of drug-likeness (QED) is 0.182. The molecule has 1 aliphatic heterocycles. The highest BCUT2D eigenvalue weighted by molar-refractivity contribution is 7.80. The van der Waals surface area contributed by atoms with Gasteiger partial charge in [0.05, 0.1) is 30.1 Å². The monoisotopic (exact) mass is 546 g/mol.